The average molecular weight is 454 g/mol. The molecule has 0 atom stereocenters. The van der Waals surface area contributed by atoms with E-state index in [1.807, 2.05) is 0 Å². The highest BCUT2D eigenvalue weighted by Gasteiger charge is 2.20. The van der Waals surface area contributed by atoms with Gasteiger partial charge in [0.25, 0.3) is 10.0 Å². The first-order chi connectivity index (χ1) is 14.9. The summed E-state index contributed by atoms with van der Waals surface area (Å²) in [6.45, 7) is 1.38. The van der Waals surface area contributed by atoms with E-state index in [1.165, 1.54) is 31.5 Å². The molecule has 1 N–H and O–H groups in total. The molecule has 3 aromatic carbocycles. The molecule has 0 aliphatic heterocycles. The summed E-state index contributed by atoms with van der Waals surface area (Å²) in [5, 5.41) is 1.35. The van der Waals surface area contributed by atoms with Crippen LogP contribution in [0.3, 0.4) is 0 Å². The highest BCUT2D eigenvalue weighted by Crippen LogP contribution is 2.35. The SMILES string of the molecule is CC(=O)c1nccnc1Oc1ccc(NS(=O)(=O)c2ccccc2Cl)c2ccccc12. The number of rotatable bonds is 6. The zero-order valence-electron chi connectivity index (χ0n) is 16.2. The lowest BCUT2D eigenvalue weighted by atomic mass is 10.1. The van der Waals surface area contributed by atoms with E-state index in [2.05, 4.69) is 14.7 Å². The molecule has 4 aromatic rings. The van der Waals surface area contributed by atoms with E-state index in [4.69, 9.17) is 16.3 Å². The van der Waals surface area contributed by atoms with Gasteiger partial charge in [0.05, 0.1) is 10.7 Å². The number of halogens is 1. The van der Waals surface area contributed by atoms with Crippen molar-refractivity contribution in [3.05, 3.63) is 83.8 Å². The quantitative estimate of drug-likeness (QED) is 0.409. The number of nitrogens with zero attached hydrogens (tertiary/aromatic N) is 2. The zero-order valence-corrected chi connectivity index (χ0v) is 17.8. The third-order valence-corrected chi connectivity index (χ3v) is 6.32. The normalized spacial score (nSPS) is 11.3. The Morgan fingerprint density at radius 2 is 1.61 bits per heavy atom. The Kier molecular flexibility index (Phi) is 5.58. The van der Waals surface area contributed by atoms with Crippen molar-refractivity contribution in [2.75, 3.05) is 4.72 Å². The summed E-state index contributed by atoms with van der Waals surface area (Å²) >= 11 is 6.07. The summed E-state index contributed by atoms with van der Waals surface area (Å²) in [5.74, 6) is 0.195. The molecule has 9 heteroatoms. The summed E-state index contributed by atoms with van der Waals surface area (Å²) in [5.41, 5.74) is 0.462. The second-order valence-electron chi connectivity index (χ2n) is 6.56. The Labute approximate surface area is 183 Å². The van der Waals surface area contributed by atoms with Crippen LogP contribution in [-0.2, 0) is 10.0 Å². The minimum Gasteiger partial charge on any atom is -0.436 e. The molecule has 1 heterocycles. The minimum atomic E-state index is -3.91. The van der Waals surface area contributed by atoms with Crippen molar-refractivity contribution in [2.24, 2.45) is 0 Å². The maximum atomic E-state index is 12.9. The molecule has 4 rings (SSSR count). The molecule has 0 aliphatic rings. The van der Waals surface area contributed by atoms with Crippen LogP contribution in [0.2, 0.25) is 5.02 Å². The predicted octanol–water partition coefficient (Wildman–Crippen LogP) is 5.08. The Hall–Kier alpha value is -3.49. The topological polar surface area (TPSA) is 98.2 Å². The standard InChI is InChI=1S/C22H16ClN3O4S/c1-14(27)21-22(25-13-12-24-21)30-19-11-10-18(15-6-2-3-7-16(15)19)26-31(28,29)20-9-5-4-8-17(20)23/h2-13,26H,1H3. The first-order valence-electron chi connectivity index (χ1n) is 9.16. The monoisotopic (exact) mass is 453 g/mol. The number of Topliss-reactive ketones (excluding diaryl/α,β-unsaturated/α-hetero) is 1. The van der Waals surface area contributed by atoms with Crippen molar-refractivity contribution in [1.29, 1.82) is 0 Å². The largest absolute Gasteiger partial charge is 0.436 e. The molecule has 0 radical (unpaired) electrons. The number of carbonyl (C=O) groups is 1. The summed E-state index contributed by atoms with van der Waals surface area (Å²) < 4.78 is 34.2. The van der Waals surface area contributed by atoms with Crippen molar-refractivity contribution >= 4 is 43.9 Å². The second-order valence-corrected chi connectivity index (χ2v) is 8.62. The molecular formula is C22H16ClN3O4S. The highest BCUT2D eigenvalue weighted by atomic mass is 35.5. The molecule has 1 aromatic heterocycles. The number of benzene rings is 3. The molecule has 0 fully saturated rings. The Bertz CT molecular complexity index is 1410. The van der Waals surface area contributed by atoms with Crippen molar-refractivity contribution in [1.82, 2.24) is 9.97 Å². The minimum absolute atomic E-state index is 0.0215. The van der Waals surface area contributed by atoms with Gasteiger partial charge in [0.15, 0.2) is 11.5 Å². The molecule has 0 bridgehead atoms. The molecule has 0 spiro atoms. The fourth-order valence-corrected chi connectivity index (χ4v) is 4.66. The average Bonchev–Trinajstić information content (AvgIpc) is 2.76. The Morgan fingerprint density at radius 3 is 2.35 bits per heavy atom. The maximum Gasteiger partial charge on any atom is 0.263 e. The van der Waals surface area contributed by atoms with Crippen LogP contribution < -0.4 is 9.46 Å². The van der Waals surface area contributed by atoms with Crippen molar-refractivity contribution in [3.8, 4) is 11.6 Å². The van der Waals surface area contributed by atoms with Gasteiger partial charge < -0.3 is 4.74 Å². The Balaban J connectivity index is 1.76. The number of fused-ring (bicyclic) bond motifs is 1. The van der Waals surface area contributed by atoms with Gasteiger partial charge in [-0.25, -0.2) is 18.4 Å². The van der Waals surface area contributed by atoms with Gasteiger partial charge in [0.1, 0.15) is 10.6 Å². The van der Waals surface area contributed by atoms with E-state index in [-0.39, 0.29) is 27.3 Å². The van der Waals surface area contributed by atoms with Crippen LogP contribution in [0.1, 0.15) is 17.4 Å². The van der Waals surface area contributed by atoms with E-state index in [9.17, 15) is 13.2 Å². The highest BCUT2D eigenvalue weighted by molar-refractivity contribution is 7.92. The number of aromatic nitrogens is 2. The van der Waals surface area contributed by atoms with Gasteiger partial charge in [-0.3, -0.25) is 9.52 Å². The van der Waals surface area contributed by atoms with E-state index in [1.54, 1.807) is 48.5 Å². The summed E-state index contributed by atoms with van der Waals surface area (Å²) in [7, 11) is -3.91. The van der Waals surface area contributed by atoms with Crippen LogP contribution >= 0.6 is 11.6 Å². The molecule has 156 valence electrons. The molecule has 31 heavy (non-hydrogen) atoms. The lowest BCUT2D eigenvalue weighted by Gasteiger charge is -2.15. The van der Waals surface area contributed by atoms with Crippen molar-refractivity contribution in [3.63, 3.8) is 0 Å². The van der Waals surface area contributed by atoms with Crippen LogP contribution in [0.5, 0.6) is 11.6 Å². The first kappa shape index (κ1) is 20.8. The first-order valence-corrected chi connectivity index (χ1v) is 11.0. The number of sulfonamides is 1. The van der Waals surface area contributed by atoms with Crippen molar-refractivity contribution < 1.29 is 17.9 Å². The molecule has 0 amide bonds. The van der Waals surface area contributed by atoms with Crippen LogP contribution in [0.25, 0.3) is 10.8 Å². The van der Waals surface area contributed by atoms with E-state index in [0.29, 0.717) is 22.2 Å². The van der Waals surface area contributed by atoms with Gasteiger partial charge >= 0.3 is 0 Å². The second kappa shape index (κ2) is 8.33. The fraction of sp³-hybridized carbons (Fsp3) is 0.0455. The molecular weight excluding hydrogens is 438 g/mol. The number of nitrogens with one attached hydrogen (secondary N) is 1. The van der Waals surface area contributed by atoms with Gasteiger partial charge in [-0.15, -0.1) is 0 Å². The fourth-order valence-electron chi connectivity index (χ4n) is 3.06. The number of anilines is 1. The van der Waals surface area contributed by atoms with Crippen LogP contribution in [0.15, 0.2) is 78.0 Å². The van der Waals surface area contributed by atoms with Crippen molar-refractivity contribution in [2.45, 2.75) is 11.8 Å². The van der Waals surface area contributed by atoms with Crippen LogP contribution in [0, 0.1) is 0 Å². The lowest BCUT2D eigenvalue weighted by Crippen LogP contribution is -2.13. The third kappa shape index (κ3) is 4.21. The molecule has 0 aliphatic carbocycles. The maximum absolute atomic E-state index is 12.9. The lowest BCUT2D eigenvalue weighted by molar-refractivity contribution is 0.101. The van der Waals surface area contributed by atoms with Gasteiger partial charge in [-0.05, 0) is 24.3 Å². The van der Waals surface area contributed by atoms with E-state index in [0.717, 1.165) is 0 Å². The number of ketones is 1. The molecule has 0 unspecified atom stereocenters. The smallest absolute Gasteiger partial charge is 0.263 e. The van der Waals surface area contributed by atoms with E-state index >= 15 is 0 Å². The van der Waals surface area contributed by atoms with E-state index < -0.39 is 10.0 Å². The molecule has 0 saturated carbocycles. The number of ether oxygens (including phenoxy) is 1. The number of carbonyl (C=O) groups excluding carboxylic acids is 1. The third-order valence-electron chi connectivity index (χ3n) is 4.46. The van der Waals surface area contributed by atoms with Gasteiger partial charge in [0.2, 0.25) is 5.88 Å². The Morgan fingerprint density at radius 1 is 0.935 bits per heavy atom. The number of hydrogen-bond donors (Lipinski definition) is 1. The predicted molar refractivity (Wildman–Crippen MR) is 118 cm³/mol. The zero-order chi connectivity index (χ0) is 22.0. The molecule has 7 nitrogen and oxygen atoms in total. The van der Waals surface area contributed by atoms with Gasteiger partial charge in [0, 0.05) is 30.1 Å². The molecule has 0 saturated heterocycles. The van der Waals surface area contributed by atoms with Crippen LogP contribution in [-0.4, -0.2) is 24.2 Å². The number of hydrogen-bond acceptors (Lipinski definition) is 6. The van der Waals surface area contributed by atoms with Gasteiger partial charge in [-0.2, -0.15) is 0 Å². The summed E-state index contributed by atoms with van der Waals surface area (Å²) in [6, 6.07) is 16.5. The van der Waals surface area contributed by atoms with Gasteiger partial charge in [-0.1, -0.05) is 48.0 Å². The summed E-state index contributed by atoms with van der Waals surface area (Å²) in [4.78, 5) is 19.9. The van der Waals surface area contributed by atoms with Crippen LogP contribution in [0.4, 0.5) is 5.69 Å². The summed E-state index contributed by atoms with van der Waals surface area (Å²) in [6.07, 6.45) is 2.84.